The van der Waals surface area contributed by atoms with Crippen LogP contribution in [0.1, 0.15) is 33.6 Å². The summed E-state index contributed by atoms with van der Waals surface area (Å²) in [5, 5.41) is 14.0. The van der Waals surface area contributed by atoms with Crippen LogP contribution >= 0.6 is 0 Å². The molecule has 0 aromatic carbocycles. The van der Waals surface area contributed by atoms with Gasteiger partial charge in [0.25, 0.3) is 0 Å². The van der Waals surface area contributed by atoms with Crippen molar-refractivity contribution in [3.05, 3.63) is 0 Å². The van der Waals surface area contributed by atoms with Crippen LogP contribution in [0.3, 0.4) is 0 Å². The van der Waals surface area contributed by atoms with E-state index in [0.29, 0.717) is 12.8 Å². The second kappa shape index (κ2) is 7.35. The van der Waals surface area contributed by atoms with Crippen molar-refractivity contribution >= 4 is 22.8 Å². The smallest absolute Gasteiger partial charge is 0.329 e. The topological polar surface area (TPSA) is 95.5 Å². The van der Waals surface area contributed by atoms with Gasteiger partial charge in [0.05, 0.1) is 0 Å². The van der Waals surface area contributed by atoms with Crippen LogP contribution in [0.25, 0.3) is 0 Å². The van der Waals surface area contributed by atoms with E-state index in [-0.39, 0.29) is 11.8 Å². The van der Waals surface area contributed by atoms with Gasteiger partial charge in [0.1, 0.15) is 5.54 Å². The summed E-state index contributed by atoms with van der Waals surface area (Å²) in [7, 11) is -1.02. The predicted molar refractivity (Wildman–Crippen MR) is 71.0 cm³/mol. The van der Waals surface area contributed by atoms with E-state index in [1.165, 1.54) is 0 Å². The number of carbonyl (C=O) groups is 2. The van der Waals surface area contributed by atoms with Crippen LogP contribution in [0.4, 0.5) is 4.79 Å². The molecule has 18 heavy (non-hydrogen) atoms. The van der Waals surface area contributed by atoms with Crippen LogP contribution in [0.2, 0.25) is 0 Å². The third kappa shape index (κ3) is 4.64. The molecule has 0 saturated carbocycles. The minimum absolute atomic E-state index is 0.168. The van der Waals surface area contributed by atoms with E-state index in [9.17, 15) is 13.8 Å². The Bertz CT molecular complexity index is 329. The van der Waals surface area contributed by atoms with Crippen molar-refractivity contribution < 1.29 is 18.9 Å². The molecule has 3 N–H and O–H groups in total. The van der Waals surface area contributed by atoms with E-state index in [4.69, 9.17) is 5.11 Å². The van der Waals surface area contributed by atoms with Crippen LogP contribution in [0.5, 0.6) is 0 Å². The van der Waals surface area contributed by atoms with E-state index in [1.807, 2.05) is 0 Å². The second-order valence-electron chi connectivity index (χ2n) is 4.24. The standard InChI is InChI=1S/C11H22N2O4S/c1-5-11(6-2,9(14)15)13-10(16)12-7-8(3)18(4)17/h8H,5-7H2,1-4H3,(H,14,15)(H2,12,13,16). The fourth-order valence-electron chi connectivity index (χ4n) is 1.40. The quantitative estimate of drug-likeness (QED) is 0.638. The molecule has 0 aromatic heterocycles. The minimum Gasteiger partial charge on any atom is -0.480 e. The molecule has 0 radical (unpaired) electrons. The molecule has 0 spiro atoms. The van der Waals surface area contributed by atoms with Crippen LogP contribution in [0.15, 0.2) is 0 Å². The number of nitrogens with one attached hydrogen (secondary N) is 2. The Morgan fingerprint density at radius 2 is 1.83 bits per heavy atom. The van der Waals surface area contributed by atoms with Gasteiger partial charge in [-0.2, -0.15) is 0 Å². The first-order valence-electron chi connectivity index (χ1n) is 5.90. The van der Waals surface area contributed by atoms with Crippen molar-refractivity contribution in [3.8, 4) is 0 Å². The molecule has 0 saturated heterocycles. The molecule has 0 aliphatic heterocycles. The Kier molecular flexibility index (Phi) is 6.90. The maximum absolute atomic E-state index is 11.6. The van der Waals surface area contributed by atoms with Crippen molar-refractivity contribution in [1.82, 2.24) is 10.6 Å². The molecular formula is C11H22N2O4S. The molecule has 0 aromatic rings. The number of amides is 2. The average Bonchev–Trinajstić information content (AvgIpc) is 2.32. The summed E-state index contributed by atoms with van der Waals surface area (Å²) in [5.41, 5.74) is -1.24. The number of carboxylic acids is 1. The zero-order valence-electron chi connectivity index (χ0n) is 11.3. The number of aliphatic carboxylic acids is 1. The van der Waals surface area contributed by atoms with Crippen molar-refractivity contribution in [1.29, 1.82) is 0 Å². The highest BCUT2D eigenvalue weighted by Crippen LogP contribution is 2.15. The molecule has 0 aliphatic rings. The highest BCUT2D eigenvalue weighted by Gasteiger charge is 2.36. The summed E-state index contributed by atoms with van der Waals surface area (Å²) in [5.74, 6) is -1.05. The number of urea groups is 1. The summed E-state index contributed by atoms with van der Waals surface area (Å²) in [6.07, 6.45) is 2.17. The van der Waals surface area contributed by atoms with Gasteiger partial charge in [-0.25, -0.2) is 9.59 Å². The van der Waals surface area contributed by atoms with Crippen molar-refractivity contribution in [3.63, 3.8) is 0 Å². The SMILES string of the molecule is CCC(CC)(NC(=O)NCC(C)S(C)=O)C(=O)O. The van der Waals surface area contributed by atoms with Crippen LogP contribution < -0.4 is 10.6 Å². The third-order valence-corrected chi connectivity index (χ3v) is 4.39. The molecule has 2 unspecified atom stereocenters. The van der Waals surface area contributed by atoms with E-state index in [0.717, 1.165) is 0 Å². The van der Waals surface area contributed by atoms with E-state index in [1.54, 1.807) is 27.0 Å². The molecule has 0 rings (SSSR count). The Balaban J connectivity index is 4.45. The number of hydrogen-bond donors (Lipinski definition) is 3. The first kappa shape index (κ1) is 16.9. The number of carboxylic acid groups (broad SMARTS) is 1. The Labute approximate surface area is 110 Å². The number of rotatable bonds is 7. The predicted octanol–water partition coefficient (Wildman–Crippen LogP) is 0.696. The van der Waals surface area contributed by atoms with Crippen LogP contribution in [-0.2, 0) is 15.6 Å². The van der Waals surface area contributed by atoms with Gasteiger partial charge in [-0.1, -0.05) is 13.8 Å². The van der Waals surface area contributed by atoms with Crippen LogP contribution in [-0.4, -0.2) is 44.9 Å². The first-order valence-corrected chi connectivity index (χ1v) is 7.52. The Morgan fingerprint density at radius 3 is 2.17 bits per heavy atom. The normalized spacial score (nSPS) is 14.7. The van der Waals surface area contributed by atoms with Gasteiger partial charge in [-0.3, -0.25) is 4.21 Å². The molecule has 7 heteroatoms. The lowest BCUT2D eigenvalue weighted by Gasteiger charge is -2.28. The van der Waals surface area contributed by atoms with E-state index >= 15 is 0 Å². The summed E-state index contributed by atoms with van der Waals surface area (Å²) in [4.78, 5) is 22.8. The average molecular weight is 278 g/mol. The summed E-state index contributed by atoms with van der Waals surface area (Å²) >= 11 is 0. The molecular weight excluding hydrogens is 256 g/mol. The zero-order valence-corrected chi connectivity index (χ0v) is 12.1. The fourth-order valence-corrected chi connectivity index (χ4v) is 1.72. The molecule has 6 nitrogen and oxygen atoms in total. The van der Waals surface area contributed by atoms with Crippen molar-refractivity contribution in [2.75, 3.05) is 12.8 Å². The number of carbonyl (C=O) groups excluding carboxylic acids is 1. The fraction of sp³-hybridized carbons (Fsp3) is 0.818. The van der Waals surface area contributed by atoms with Gasteiger partial charge in [-0.15, -0.1) is 0 Å². The Hall–Kier alpha value is -1.11. The zero-order chi connectivity index (χ0) is 14.3. The number of hydrogen-bond acceptors (Lipinski definition) is 3. The maximum Gasteiger partial charge on any atom is 0.329 e. The highest BCUT2D eigenvalue weighted by molar-refractivity contribution is 7.84. The third-order valence-electron chi connectivity index (χ3n) is 3.09. The second-order valence-corrected chi connectivity index (χ2v) is 6.04. The summed E-state index contributed by atoms with van der Waals surface area (Å²) in [6.45, 7) is 5.42. The maximum atomic E-state index is 11.6. The first-order chi connectivity index (χ1) is 8.29. The molecule has 0 bridgehead atoms. The Morgan fingerprint density at radius 1 is 1.33 bits per heavy atom. The van der Waals surface area contributed by atoms with Crippen molar-refractivity contribution in [2.24, 2.45) is 0 Å². The van der Waals surface area contributed by atoms with E-state index in [2.05, 4.69) is 10.6 Å². The summed E-state index contributed by atoms with van der Waals surface area (Å²) in [6, 6.07) is -0.543. The molecule has 2 atom stereocenters. The highest BCUT2D eigenvalue weighted by atomic mass is 32.2. The lowest BCUT2D eigenvalue weighted by atomic mass is 9.93. The van der Waals surface area contributed by atoms with Crippen LogP contribution in [0, 0.1) is 0 Å². The summed E-state index contributed by atoms with van der Waals surface area (Å²) < 4.78 is 11.1. The van der Waals surface area contributed by atoms with E-state index < -0.39 is 28.3 Å². The lowest BCUT2D eigenvalue weighted by molar-refractivity contribution is -0.144. The molecule has 106 valence electrons. The van der Waals surface area contributed by atoms with Gasteiger partial charge < -0.3 is 15.7 Å². The molecule has 0 fully saturated rings. The lowest BCUT2D eigenvalue weighted by Crippen LogP contribution is -2.57. The monoisotopic (exact) mass is 278 g/mol. The van der Waals surface area contributed by atoms with Gasteiger partial charge in [-0.05, 0) is 19.8 Å². The van der Waals surface area contributed by atoms with Gasteiger partial charge in [0.15, 0.2) is 0 Å². The minimum atomic E-state index is -1.24. The van der Waals surface area contributed by atoms with Crippen molar-refractivity contribution in [2.45, 2.75) is 44.4 Å². The molecule has 0 aliphatic carbocycles. The molecule has 0 heterocycles. The van der Waals surface area contributed by atoms with Gasteiger partial charge in [0, 0.05) is 28.9 Å². The largest absolute Gasteiger partial charge is 0.480 e. The molecule has 2 amide bonds. The van der Waals surface area contributed by atoms with Gasteiger partial charge in [0.2, 0.25) is 0 Å². The van der Waals surface area contributed by atoms with Gasteiger partial charge >= 0.3 is 12.0 Å².